The van der Waals surface area contributed by atoms with Crippen molar-refractivity contribution in [2.75, 3.05) is 32.6 Å². The number of rotatable bonds is 8. The lowest BCUT2D eigenvalue weighted by molar-refractivity contribution is -0.124. The predicted octanol–water partition coefficient (Wildman–Crippen LogP) is 1.39. The van der Waals surface area contributed by atoms with Crippen LogP contribution >= 0.6 is 0 Å². The molecule has 1 aromatic carbocycles. The Labute approximate surface area is 149 Å². The van der Waals surface area contributed by atoms with E-state index in [9.17, 15) is 13.2 Å². The summed E-state index contributed by atoms with van der Waals surface area (Å²) in [5, 5.41) is 2.90. The highest BCUT2D eigenvalue weighted by atomic mass is 32.2. The molecule has 1 amide bonds. The average molecular weight is 370 g/mol. The number of ether oxygens (including phenoxy) is 2. The Morgan fingerprint density at radius 1 is 1.24 bits per heavy atom. The van der Waals surface area contributed by atoms with E-state index in [1.807, 2.05) is 19.1 Å². The van der Waals surface area contributed by atoms with Crippen LogP contribution in [0.5, 0.6) is 11.5 Å². The molecular weight excluding hydrogens is 344 g/mol. The van der Waals surface area contributed by atoms with Gasteiger partial charge in [0.2, 0.25) is 10.0 Å². The second-order valence-corrected chi connectivity index (χ2v) is 8.08. The summed E-state index contributed by atoms with van der Waals surface area (Å²) in [6, 6.07) is 7.11. The standard InChI is InChI=1S/C17H26N2O5S/c1-3-12-25(21,22)19-10-8-14(9-11-19)18-17(20)13-24-16-7-5-4-6-15(16)23-2/h4-7,14H,3,8-13H2,1-2H3,(H,18,20). The quantitative estimate of drug-likeness (QED) is 0.748. The topological polar surface area (TPSA) is 84.9 Å². The van der Waals surface area contributed by atoms with Gasteiger partial charge in [-0.3, -0.25) is 4.79 Å². The van der Waals surface area contributed by atoms with Crippen LogP contribution in [0.1, 0.15) is 26.2 Å². The SMILES string of the molecule is CCCS(=O)(=O)N1CCC(NC(=O)COc2ccccc2OC)CC1. The van der Waals surface area contributed by atoms with E-state index in [1.54, 1.807) is 19.2 Å². The Kier molecular flexibility index (Phi) is 7.07. The molecule has 1 aliphatic rings. The highest BCUT2D eigenvalue weighted by Crippen LogP contribution is 2.25. The maximum absolute atomic E-state index is 12.1. The van der Waals surface area contributed by atoms with Gasteiger partial charge in [0.25, 0.3) is 5.91 Å². The number of sulfonamides is 1. The number of piperidine rings is 1. The van der Waals surface area contributed by atoms with E-state index in [0.717, 1.165) is 0 Å². The van der Waals surface area contributed by atoms with Crippen molar-refractivity contribution in [1.82, 2.24) is 9.62 Å². The summed E-state index contributed by atoms with van der Waals surface area (Å²) in [4.78, 5) is 12.1. The zero-order valence-corrected chi connectivity index (χ0v) is 15.5. The number of hydrogen-bond donors (Lipinski definition) is 1. The van der Waals surface area contributed by atoms with E-state index in [2.05, 4.69) is 5.32 Å². The van der Waals surface area contributed by atoms with Gasteiger partial charge >= 0.3 is 0 Å². The summed E-state index contributed by atoms with van der Waals surface area (Å²) in [6.45, 7) is 2.64. The Balaban J connectivity index is 1.77. The fourth-order valence-corrected chi connectivity index (χ4v) is 4.36. The molecule has 1 aromatic rings. The number of amides is 1. The second kappa shape index (κ2) is 9.05. The molecule has 0 unspecified atom stereocenters. The Morgan fingerprint density at radius 2 is 1.88 bits per heavy atom. The molecular formula is C17H26N2O5S. The number of carbonyl (C=O) groups is 1. The molecule has 0 bridgehead atoms. The molecule has 2 rings (SSSR count). The normalized spacial score (nSPS) is 16.4. The average Bonchev–Trinajstić information content (AvgIpc) is 2.60. The molecule has 0 radical (unpaired) electrons. The highest BCUT2D eigenvalue weighted by molar-refractivity contribution is 7.89. The fraction of sp³-hybridized carbons (Fsp3) is 0.588. The van der Waals surface area contributed by atoms with Gasteiger partial charge in [0, 0.05) is 19.1 Å². The number of nitrogens with one attached hydrogen (secondary N) is 1. The van der Waals surface area contributed by atoms with Crippen LogP contribution in [0.2, 0.25) is 0 Å². The summed E-state index contributed by atoms with van der Waals surface area (Å²) in [5.74, 6) is 1.04. The van der Waals surface area contributed by atoms with Gasteiger partial charge in [0.15, 0.2) is 18.1 Å². The van der Waals surface area contributed by atoms with Crippen molar-refractivity contribution in [1.29, 1.82) is 0 Å². The summed E-state index contributed by atoms with van der Waals surface area (Å²) in [7, 11) is -1.61. The molecule has 140 valence electrons. The van der Waals surface area contributed by atoms with E-state index >= 15 is 0 Å². The molecule has 0 spiro atoms. The lowest BCUT2D eigenvalue weighted by Crippen LogP contribution is -2.47. The number of methoxy groups -OCH3 is 1. The van der Waals surface area contributed by atoms with Gasteiger partial charge in [-0.05, 0) is 31.4 Å². The first-order valence-corrected chi connectivity index (χ1v) is 10.1. The van der Waals surface area contributed by atoms with Crippen LogP contribution in [-0.2, 0) is 14.8 Å². The minimum absolute atomic E-state index is 0.0261. The van der Waals surface area contributed by atoms with Crippen LogP contribution in [0.3, 0.4) is 0 Å². The lowest BCUT2D eigenvalue weighted by Gasteiger charge is -2.31. The van der Waals surface area contributed by atoms with Gasteiger partial charge in [0.05, 0.1) is 12.9 Å². The van der Waals surface area contributed by atoms with Crippen molar-refractivity contribution in [3.63, 3.8) is 0 Å². The van der Waals surface area contributed by atoms with Crippen molar-refractivity contribution < 1.29 is 22.7 Å². The van der Waals surface area contributed by atoms with Gasteiger partial charge in [-0.15, -0.1) is 0 Å². The predicted molar refractivity (Wildman–Crippen MR) is 95.3 cm³/mol. The van der Waals surface area contributed by atoms with Crippen LogP contribution < -0.4 is 14.8 Å². The minimum Gasteiger partial charge on any atom is -0.493 e. The molecule has 0 atom stereocenters. The summed E-state index contributed by atoms with van der Waals surface area (Å²) in [6.07, 6.45) is 1.84. The third-order valence-corrected chi connectivity index (χ3v) is 6.18. The lowest BCUT2D eigenvalue weighted by atomic mass is 10.1. The van der Waals surface area contributed by atoms with E-state index in [-0.39, 0.29) is 24.3 Å². The Hall–Kier alpha value is -1.80. The first-order chi connectivity index (χ1) is 12.0. The van der Waals surface area contributed by atoms with Crippen molar-refractivity contribution in [3.05, 3.63) is 24.3 Å². The zero-order chi connectivity index (χ0) is 18.3. The van der Waals surface area contributed by atoms with Crippen molar-refractivity contribution >= 4 is 15.9 Å². The molecule has 1 heterocycles. The van der Waals surface area contributed by atoms with Crippen LogP contribution in [-0.4, -0.2) is 57.2 Å². The van der Waals surface area contributed by atoms with Crippen LogP contribution in [0.25, 0.3) is 0 Å². The zero-order valence-electron chi connectivity index (χ0n) is 14.7. The van der Waals surface area contributed by atoms with E-state index in [1.165, 1.54) is 4.31 Å². The Bertz CT molecular complexity index is 669. The molecule has 1 saturated heterocycles. The van der Waals surface area contributed by atoms with Crippen molar-refractivity contribution in [3.8, 4) is 11.5 Å². The summed E-state index contributed by atoms with van der Waals surface area (Å²) >= 11 is 0. The van der Waals surface area contributed by atoms with Gasteiger partial charge in [-0.1, -0.05) is 19.1 Å². The van der Waals surface area contributed by atoms with E-state index in [0.29, 0.717) is 43.9 Å². The van der Waals surface area contributed by atoms with Crippen molar-refractivity contribution in [2.24, 2.45) is 0 Å². The maximum atomic E-state index is 12.1. The molecule has 0 aliphatic carbocycles. The monoisotopic (exact) mass is 370 g/mol. The first-order valence-electron chi connectivity index (χ1n) is 8.49. The summed E-state index contributed by atoms with van der Waals surface area (Å²) in [5.41, 5.74) is 0. The molecule has 25 heavy (non-hydrogen) atoms. The van der Waals surface area contributed by atoms with Crippen molar-refractivity contribution in [2.45, 2.75) is 32.2 Å². The number of carbonyl (C=O) groups excluding carboxylic acids is 1. The van der Waals surface area contributed by atoms with Crippen LogP contribution in [0.4, 0.5) is 0 Å². The summed E-state index contributed by atoms with van der Waals surface area (Å²) < 4.78 is 36.3. The maximum Gasteiger partial charge on any atom is 0.258 e. The third-order valence-electron chi connectivity index (χ3n) is 4.10. The molecule has 0 saturated carbocycles. The smallest absolute Gasteiger partial charge is 0.258 e. The largest absolute Gasteiger partial charge is 0.493 e. The van der Waals surface area contributed by atoms with Gasteiger partial charge in [-0.2, -0.15) is 0 Å². The van der Waals surface area contributed by atoms with E-state index < -0.39 is 10.0 Å². The first kappa shape index (κ1) is 19.5. The Morgan fingerprint density at radius 3 is 2.48 bits per heavy atom. The third kappa shape index (κ3) is 5.61. The number of para-hydroxylation sites is 2. The molecule has 1 fully saturated rings. The molecule has 1 aliphatic heterocycles. The number of nitrogens with zero attached hydrogens (tertiary/aromatic N) is 1. The highest BCUT2D eigenvalue weighted by Gasteiger charge is 2.27. The fourth-order valence-electron chi connectivity index (χ4n) is 2.82. The molecule has 8 heteroatoms. The van der Waals surface area contributed by atoms with Crippen LogP contribution in [0, 0.1) is 0 Å². The molecule has 0 aromatic heterocycles. The van der Waals surface area contributed by atoms with Crippen LogP contribution in [0.15, 0.2) is 24.3 Å². The van der Waals surface area contributed by atoms with Gasteiger partial charge < -0.3 is 14.8 Å². The van der Waals surface area contributed by atoms with E-state index in [4.69, 9.17) is 9.47 Å². The minimum atomic E-state index is -3.16. The van der Waals surface area contributed by atoms with Gasteiger partial charge in [0.1, 0.15) is 0 Å². The second-order valence-electron chi connectivity index (χ2n) is 6.00. The molecule has 7 nitrogen and oxygen atoms in total. The number of benzene rings is 1. The number of hydrogen-bond acceptors (Lipinski definition) is 5. The molecule has 1 N–H and O–H groups in total. The van der Waals surface area contributed by atoms with Gasteiger partial charge in [-0.25, -0.2) is 12.7 Å².